The molecule has 0 bridgehead atoms. The van der Waals surface area contributed by atoms with Crippen LogP contribution in [0.5, 0.6) is 0 Å². The minimum atomic E-state index is -0.143. The van der Waals surface area contributed by atoms with Crippen LogP contribution in [0.2, 0.25) is 0 Å². The van der Waals surface area contributed by atoms with Crippen molar-refractivity contribution < 1.29 is 9.53 Å². The van der Waals surface area contributed by atoms with Gasteiger partial charge in [0.25, 0.3) is 0 Å². The molecule has 0 spiro atoms. The van der Waals surface area contributed by atoms with E-state index in [0.717, 1.165) is 18.4 Å². The number of methoxy groups -OCH3 is 1. The van der Waals surface area contributed by atoms with Gasteiger partial charge in [0.15, 0.2) is 0 Å². The maximum Gasteiger partial charge on any atom is 0.222 e. The van der Waals surface area contributed by atoms with Gasteiger partial charge in [0.1, 0.15) is 0 Å². The molecule has 1 amide bonds. The van der Waals surface area contributed by atoms with Gasteiger partial charge in [-0.25, -0.2) is 0 Å². The minimum Gasteiger partial charge on any atom is -0.378 e. The molecule has 4 nitrogen and oxygen atoms in total. The van der Waals surface area contributed by atoms with Crippen LogP contribution in [0.15, 0.2) is 24.5 Å². The van der Waals surface area contributed by atoms with Crippen molar-refractivity contribution in [3.8, 4) is 0 Å². The van der Waals surface area contributed by atoms with E-state index in [0.29, 0.717) is 6.42 Å². The maximum atomic E-state index is 12.4. The second-order valence-electron chi connectivity index (χ2n) is 6.74. The number of rotatable bonds is 5. The number of hydrogen-bond acceptors (Lipinski definition) is 3. The SMILES string of the molecule is CO[C@]1(C)C[C@@H](N(C)C(=O)CCc2cccnc2)C1(C)C. The van der Waals surface area contributed by atoms with Crippen molar-refractivity contribution in [1.82, 2.24) is 9.88 Å². The van der Waals surface area contributed by atoms with Gasteiger partial charge in [-0.2, -0.15) is 0 Å². The van der Waals surface area contributed by atoms with E-state index in [-0.39, 0.29) is 23.0 Å². The third-order valence-corrected chi connectivity index (χ3v) is 5.44. The van der Waals surface area contributed by atoms with E-state index in [1.165, 1.54) is 0 Å². The highest BCUT2D eigenvalue weighted by molar-refractivity contribution is 5.76. The normalized spacial score (nSPS) is 27.0. The van der Waals surface area contributed by atoms with Crippen molar-refractivity contribution in [2.45, 2.75) is 51.7 Å². The fourth-order valence-electron chi connectivity index (χ4n) is 3.22. The predicted octanol–water partition coefficient (Wildman–Crippen LogP) is 2.68. The van der Waals surface area contributed by atoms with Crippen LogP contribution in [-0.4, -0.2) is 41.6 Å². The first-order chi connectivity index (χ1) is 9.82. The molecular weight excluding hydrogens is 264 g/mol. The molecule has 4 heteroatoms. The molecule has 116 valence electrons. The number of aromatic nitrogens is 1. The molecule has 1 aliphatic carbocycles. The summed E-state index contributed by atoms with van der Waals surface area (Å²) in [5.41, 5.74) is 0.935. The molecule has 0 aromatic carbocycles. The number of carbonyl (C=O) groups is 1. The van der Waals surface area contributed by atoms with Gasteiger partial charge in [-0.3, -0.25) is 9.78 Å². The van der Waals surface area contributed by atoms with Crippen LogP contribution in [0.3, 0.4) is 0 Å². The van der Waals surface area contributed by atoms with Gasteiger partial charge in [-0.05, 0) is 31.4 Å². The van der Waals surface area contributed by atoms with E-state index >= 15 is 0 Å². The number of pyridine rings is 1. The number of nitrogens with zero attached hydrogens (tertiary/aromatic N) is 2. The van der Waals surface area contributed by atoms with Crippen molar-refractivity contribution in [2.75, 3.05) is 14.2 Å². The summed E-state index contributed by atoms with van der Waals surface area (Å²) in [4.78, 5) is 18.4. The molecule has 0 radical (unpaired) electrons. The van der Waals surface area contributed by atoms with Crippen LogP contribution in [0.1, 0.15) is 39.2 Å². The third kappa shape index (κ3) is 2.82. The Balaban J connectivity index is 1.92. The average molecular weight is 290 g/mol. The Morgan fingerprint density at radius 1 is 1.48 bits per heavy atom. The van der Waals surface area contributed by atoms with E-state index in [1.54, 1.807) is 13.3 Å². The smallest absolute Gasteiger partial charge is 0.222 e. The second kappa shape index (κ2) is 5.76. The summed E-state index contributed by atoms with van der Waals surface area (Å²) in [5.74, 6) is 0.190. The fraction of sp³-hybridized carbons (Fsp3) is 0.647. The quantitative estimate of drug-likeness (QED) is 0.837. The first kappa shape index (κ1) is 16.0. The van der Waals surface area contributed by atoms with Gasteiger partial charge in [0, 0.05) is 44.4 Å². The lowest BCUT2D eigenvalue weighted by atomic mass is 9.55. The molecule has 1 heterocycles. The summed E-state index contributed by atoms with van der Waals surface area (Å²) in [7, 11) is 3.66. The monoisotopic (exact) mass is 290 g/mol. The van der Waals surface area contributed by atoms with Crippen molar-refractivity contribution in [3.63, 3.8) is 0 Å². The Bertz CT molecular complexity index is 501. The zero-order valence-corrected chi connectivity index (χ0v) is 13.7. The molecule has 21 heavy (non-hydrogen) atoms. The summed E-state index contributed by atoms with van der Waals surface area (Å²) in [6.07, 6.45) is 5.73. The van der Waals surface area contributed by atoms with Gasteiger partial charge in [-0.1, -0.05) is 19.9 Å². The summed E-state index contributed by atoms with van der Waals surface area (Å²) in [6.45, 7) is 6.47. The number of carbonyl (C=O) groups excluding carboxylic acids is 1. The van der Waals surface area contributed by atoms with Gasteiger partial charge < -0.3 is 9.64 Å². The summed E-state index contributed by atoms with van der Waals surface area (Å²) < 4.78 is 5.63. The number of amides is 1. The lowest BCUT2D eigenvalue weighted by Crippen LogP contribution is -2.68. The van der Waals surface area contributed by atoms with E-state index in [4.69, 9.17) is 4.74 Å². The van der Waals surface area contributed by atoms with Crippen LogP contribution >= 0.6 is 0 Å². The Morgan fingerprint density at radius 2 is 2.19 bits per heavy atom. The predicted molar refractivity (Wildman–Crippen MR) is 82.9 cm³/mol. The molecule has 0 saturated heterocycles. The Hall–Kier alpha value is -1.42. The highest BCUT2D eigenvalue weighted by atomic mass is 16.5. The summed E-state index contributed by atoms with van der Waals surface area (Å²) in [5, 5.41) is 0. The topological polar surface area (TPSA) is 42.4 Å². The van der Waals surface area contributed by atoms with E-state index in [1.807, 2.05) is 30.3 Å². The van der Waals surface area contributed by atoms with Crippen molar-refractivity contribution in [3.05, 3.63) is 30.1 Å². The molecule has 0 N–H and O–H groups in total. The second-order valence-corrected chi connectivity index (χ2v) is 6.74. The summed E-state index contributed by atoms with van der Waals surface area (Å²) >= 11 is 0. The van der Waals surface area contributed by atoms with Gasteiger partial charge in [-0.15, -0.1) is 0 Å². The number of ether oxygens (including phenoxy) is 1. The summed E-state index contributed by atoms with van der Waals surface area (Å²) in [6, 6.07) is 4.15. The van der Waals surface area contributed by atoms with E-state index in [2.05, 4.69) is 25.8 Å². The molecule has 0 unspecified atom stereocenters. The highest BCUT2D eigenvalue weighted by Gasteiger charge is 2.59. The molecule has 0 aliphatic heterocycles. The van der Waals surface area contributed by atoms with Crippen LogP contribution in [-0.2, 0) is 16.0 Å². The van der Waals surface area contributed by atoms with Crippen LogP contribution in [0.25, 0.3) is 0 Å². The highest BCUT2D eigenvalue weighted by Crippen LogP contribution is 2.53. The van der Waals surface area contributed by atoms with Crippen LogP contribution < -0.4 is 0 Å². The molecule has 1 aliphatic rings. The first-order valence-electron chi connectivity index (χ1n) is 7.51. The molecule has 1 fully saturated rings. The van der Waals surface area contributed by atoms with Crippen molar-refractivity contribution >= 4 is 5.91 Å². The lowest BCUT2D eigenvalue weighted by molar-refractivity contribution is -0.207. The Kier molecular flexibility index (Phi) is 4.38. The lowest BCUT2D eigenvalue weighted by Gasteiger charge is -2.61. The maximum absolute atomic E-state index is 12.4. The van der Waals surface area contributed by atoms with Crippen LogP contribution in [0.4, 0.5) is 0 Å². The molecule has 2 rings (SSSR count). The standard InChI is InChI=1S/C17H26N2O2/c1-16(2)14(11-17(16,3)21-5)19(4)15(20)9-8-13-7-6-10-18-12-13/h6-7,10,12,14H,8-9,11H2,1-5H3/t14-,17-/m1/s1. The first-order valence-corrected chi connectivity index (χ1v) is 7.51. The molecule has 1 aromatic rings. The largest absolute Gasteiger partial charge is 0.378 e. The Labute approximate surface area is 127 Å². The Morgan fingerprint density at radius 3 is 2.71 bits per heavy atom. The van der Waals surface area contributed by atoms with Gasteiger partial charge in [0.05, 0.1) is 5.60 Å². The van der Waals surface area contributed by atoms with Gasteiger partial charge in [0.2, 0.25) is 5.91 Å². The molecule has 1 aromatic heterocycles. The van der Waals surface area contributed by atoms with E-state index < -0.39 is 0 Å². The van der Waals surface area contributed by atoms with Crippen molar-refractivity contribution in [2.24, 2.45) is 5.41 Å². The van der Waals surface area contributed by atoms with Crippen molar-refractivity contribution in [1.29, 1.82) is 0 Å². The zero-order chi connectivity index (χ0) is 15.7. The number of hydrogen-bond donors (Lipinski definition) is 0. The minimum absolute atomic E-state index is 0.0273. The van der Waals surface area contributed by atoms with Crippen LogP contribution in [0, 0.1) is 5.41 Å². The molecular formula is C17H26N2O2. The van der Waals surface area contributed by atoms with Gasteiger partial charge >= 0.3 is 0 Å². The van der Waals surface area contributed by atoms with E-state index in [9.17, 15) is 4.79 Å². The molecule has 1 saturated carbocycles. The third-order valence-electron chi connectivity index (χ3n) is 5.44. The fourth-order valence-corrected chi connectivity index (χ4v) is 3.22. The molecule has 2 atom stereocenters. The number of aryl methyl sites for hydroxylation is 1. The zero-order valence-electron chi connectivity index (χ0n) is 13.7. The average Bonchev–Trinajstić information content (AvgIpc) is 2.50.